The monoisotopic (exact) mass is 355 g/mol. The lowest BCUT2D eigenvalue weighted by Crippen LogP contribution is -2.42. The van der Waals surface area contributed by atoms with Gasteiger partial charge in [-0.05, 0) is 49.2 Å². The first kappa shape index (κ1) is 17.4. The number of amides is 1. The van der Waals surface area contributed by atoms with Crippen molar-refractivity contribution in [1.82, 2.24) is 4.90 Å². The summed E-state index contributed by atoms with van der Waals surface area (Å²) in [5.41, 5.74) is 1.69. The maximum absolute atomic E-state index is 12.7. The van der Waals surface area contributed by atoms with Gasteiger partial charge < -0.3 is 4.90 Å². The zero-order chi connectivity index (χ0) is 17.8. The van der Waals surface area contributed by atoms with Gasteiger partial charge >= 0.3 is 0 Å². The van der Waals surface area contributed by atoms with Gasteiger partial charge in [0.05, 0.1) is 0 Å². The fourth-order valence-electron chi connectivity index (χ4n) is 3.11. The maximum Gasteiger partial charge on any atom is 0.253 e. The van der Waals surface area contributed by atoms with Crippen LogP contribution in [0.15, 0.2) is 48.5 Å². The molecule has 1 fully saturated rings. The molecule has 0 unspecified atom stereocenters. The first-order valence-corrected chi connectivity index (χ1v) is 8.60. The van der Waals surface area contributed by atoms with E-state index >= 15 is 0 Å². The molecule has 0 N–H and O–H groups in total. The molecule has 1 atom stereocenters. The van der Waals surface area contributed by atoms with Crippen molar-refractivity contribution in [3.05, 3.63) is 70.2 Å². The largest absolute Gasteiger partial charge is 0.338 e. The molecule has 128 valence electrons. The summed E-state index contributed by atoms with van der Waals surface area (Å²) < 4.78 is 0. The van der Waals surface area contributed by atoms with Gasteiger partial charge in [0.2, 0.25) is 0 Å². The van der Waals surface area contributed by atoms with E-state index in [1.54, 1.807) is 53.4 Å². The topological polar surface area (TPSA) is 54.5 Å². The van der Waals surface area contributed by atoms with Crippen molar-refractivity contribution in [2.75, 3.05) is 13.1 Å². The Bertz CT molecular complexity index is 784. The first-order valence-electron chi connectivity index (χ1n) is 8.23. The van der Waals surface area contributed by atoms with Crippen LogP contribution in [0.3, 0.4) is 0 Å². The molecule has 2 aromatic rings. The van der Waals surface area contributed by atoms with Crippen molar-refractivity contribution < 1.29 is 14.4 Å². The van der Waals surface area contributed by atoms with E-state index in [2.05, 4.69) is 0 Å². The molecule has 0 spiro atoms. The molecule has 1 saturated heterocycles. The molecule has 0 radical (unpaired) electrons. The van der Waals surface area contributed by atoms with Gasteiger partial charge in [-0.15, -0.1) is 0 Å². The Morgan fingerprint density at radius 2 is 1.64 bits per heavy atom. The number of carbonyl (C=O) groups excluding carboxylic acids is 3. The van der Waals surface area contributed by atoms with Crippen LogP contribution in [0.2, 0.25) is 5.02 Å². The van der Waals surface area contributed by atoms with E-state index in [4.69, 9.17) is 11.6 Å². The van der Waals surface area contributed by atoms with Crippen molar-refractivity contribution >= 4 is 29.6 Å². The molecule has 1 aliphatic heterocycles. The molecule has 0 saturated carbocycles. The second-order valence-electron chi connectivity index (χ2n) is 6.20. The van der Waals surface area contributed by atoms with E-state index in [9.17, 15) is 14.4 Å². The van der Waals surface area contributed by atoms with Gasteiger partial charge in [0.15, 0.2) is 5.78 Å². The summed E-state index contributed by atoms with van der Waals surface area (Å²) >= 11 is 5.87. The summed E-state index contributed by atoms with van der Waals surface area (Å²) in [6.07, 6.45) is 2.31. The molecule has 0 bridgehead atoms. The standard InChI is InChI=1S/C20H18ClNO3/c21-18-9-7-15(8-10-18)19(24)17-2-1-11-22(12-17)20(25)16-5-3-14(13-23)4-6-16/h3-10,13,17H,1-2,11-12H2/t17-/m0/s1. The fourth-order valence-corrected chi connectivity index (χ4v) is 3.24. The van der Waals surface area contributed by atoms with Crippen LogP contribution in [0.1, 0.15) is 43.9 Å². The summed E-state index contributed by atoms with van der Waals surface area (Å²) in [6, 6.07) is 13.4. The number of aldehydes is 1. The first-order chi connectivity index (χ1) is 12.1. The van der Waals surface area contributed by atoms with Gasteiger partial charge in [-0.25, -0.2) is 0 Å². The number of piperidine rings is 1. The van der Waals surface area contributed by atoms with Crippen LogP contribution in [0.5, 0.6) is 0 Å². The van der Waals surface area contributed by atoms with Crippen molar-refractivity contribution in [2.45, 2.75) is 12.8 Å². The van der Waals surface area contributed by atoms with E-state index in [1.807, 2.05) is 0 Å². The van der Waals surface area contributed by atoms with Gasteiger partial charge in [0.25, 0.3) is 5.91 Å². The Morgan fingerprint density at radius 1 is 1.00 bits per heavy atom. The van der Waals surface area contributed by atoms with Crippen molar-refractivity contribution in [3.8, 4) is 0 Å². The number of ketones is 1. The fraction of sp³-hybridized carbons (Fsp3) is 0.250. The third-order valence-electron chi connectivity index (χ3n) is 4.50. The molecule has 0 aliphatic carbocycles. The predicted molar refractivity (Wildman–Crippen MR) is 96.2 cm³/mol. The highest BCUT2D eigenvalue weighted by molar-refractivity contribution is 6.30. The van der Waals surface area contributed by atoms with Gasteiger partial charge in [0.1, 0.15) is 6.29 Å². The number of carbonyl (C=O) groups is 3. The van der Waals surface area contributed by atoms with E-state index < -0.39 is 0 Å². The minimum atomic E-state index is -0.201. The number of benzene rings is 2. The lowest BCUT2D eigenvalue weighted by atomic mass is 9.89. The Kier molecular flexibility index (Phi) is 5.29. The Hall–Kier alpha value is -2.46. The number of Topliss-reactive ketones (excluding diaryl/α,β-unsaturated/α-hetero) is 1. The summed E-state index contributed by atoms with van der Waals surface area (Å²) in [5.74, 6) is -0.260. The van der Waals surface area contributed by atoms with Crippen molar-refractivity contribution in [3.63, 3.8) is 0 Å². The van der Waals surface area contributed by atoms with E-state index in [1.165, 1.54) is 0 Å². The SMILES string of the molecule is O=Cc1ccc(C(=O)N2CCC[C@H](C(=O)c3ccc(Cl)cc3)C2)cc1. The smallest absolute Gasteiger partial charge is 0.253 e. The molecule has 1 heterocycles. The Balaban J connectivity index is 1.71. The van der Waals surface area contributed by atoms with Gasteiger partial charge in [-0.3, -0.25) is 14.4 Å². The second-order valence-corrected chi connectivity index (χ2v) is 6.64. The molecule has 3 rings (SSSR count). The molecule has 5 heteroatoms. The lowest BCUT2D eigenvalue weighted by Gasteiger charge is -2.32. The quantitative estimate of drug-likeness (QED) is 0.617. The van der Waals surface area contributed by atoms with Gasteiger partial charge in [0, 0.05) is 40.7 Å². The normalized spacial score (nSPS) is 17.2. The zero-order valence-electron chi connectivity index (χ0n) is 13.7. The summed E-state index contributed by atoms with van der Waals surface area (Å²) in [5, 5.41) is 0.593. The second kappa shape index (κ2) is 7.62. The van der Waals surface area contributed by atoms with Crippen LogP contribution in [-0.2, 0) is 0 Å². The van der Waals surface area contributed by atoms with E-state index in [0.29, 0.717) is 34.8 Å². The molecule has 1 amide bonds. The van der Waals surface area contributed by atoms with Crippen LogP contribution in [-0.4, -0.2) is 36.0 Å². The summed E-state index contributed by atoms with van der Waals surface area (Å²) in [4.78, 5) is 37.8. The Morgan fingerprint density at radius 3 is 2.28 bits per heavy atom. The highest BCUT2D eigenvalue weighted by atomic mass is 35.5. The average Bonchev–Trinajstić information content (AvgIpc) is 2.67. The molecule has 25 heavy (non-hydrogen) atoms. The van der Waals surface area contributed by atoms with Crippen LogP contribution in [0, 0.1) is 5.92 Å². The van der Waals surface area contributed by atoms with Crippen molar-refractivity contribution in [1.29, 1.82) is 0 Å². The number of halogens is 1. The minimum absolute atomic E-state index is 0.0467. The molecular weight excluding hydrogens is 338 g/mol. The maximum atomic E-state index is 12.7. The van der Waals surface area contributed by atoms with Gasteiger partial charge in [-0.1, -0.05) is 23.7 Å². The van der Waals surface area contributed by atoms with Crippen LogP contribution in [0.25, 0.3) is 0 Å². The van der Waals surface area contributed by atoms with Crippen molar-refractivity contribution in [2.24, 2.45) is 5.92 Å². The van der Waals surface area contributed by atoms with Crippen LogP contribution < -0.4 is 0 Å². The molecular formula is C20H18ClNO3. The highest BCUT2D eigenvalue weighted by Crippen LogP contribution is 2.23. The van der Waals surface area contributed by atoms with Crippen LogP contribution in [0.4, 0.5) is 0 Å². The molecule has 0 aromatic heterocycles. The molecule has 4 nitrogen and oxygen atoms in total. The third kappa shape index (κ3) is 3.97. The summed E-state index contributed by atoms with van der Waals surface area (Å²) in [6.45, 7) is 1.05. The zero-order valence-corrected chi connectivity index (χ0v) is 14.4. The lowest BCUT2D eigenvalue weighted by molar-refractivity contribution is 0.0636. The number of hydrogen-bond donors (Lipinski definition) is 0. The van der Waals surface area contributed by atoms with E-state index in [0.717, 1.165) is 19.1 Å². The average molecular weight is 356 g/mol. The third-order valence-corrected chi connectivity index (χ3v) is 4.75. The van der Waals surface area contributed by atoms with Crippen LogP contribution >= 0.6 is 11.6 Å². The van der Waals surface area contributed by atoms with Gasteiger partial charge in [-0.2, -0.15) is 0 Å². The predicted octanol–water partition coefficient (Wildman–Crippen LogP) is 3.89. The van der Waals surface area contributed by atoms with E-state index in [-0.39, 0.29) is 17.6 Å². The Labute approximate surface area is 151 Å². The minimum Gasteiger partial charge on any atom is -0.338 e. The number of likely N-dealkylation sites (tertiary alicyclic amines) is 1. The highest BCUT2D eigenvalue weighted by Gasteiger charge is 2.29. The number of hydrogen-bond acceptors (Lipinski definition) is 3. The molecule has 1 aliphatic rings. The summed E-state index contributed by atoms with van der Waals surface area (Å²) in [7, 11) is 0. The number of rotatable bonds is 4. The number of nitrogens with zero attached hydrogens (tertiary/aromatic N) is 1. The molecule has 2 aromatic carbocycles.